The van der Waals surface area contributed by atoms with E-state index in [-0.39, 0.29) is 5.82 Å². The van der Waals surface area contributed by atoms with Crippen molar-refractivity contribution >= 4 is 22.7 Å². The van der Waals surface area contributed by atoms with E-state index < -0.39 is 6.10 Å². The van der Waals surface area contributed by atoms with E-state index in [1.54, 1.807) is 23.9 Å². The Bertz CT molecular complexity index is 709. The molecule has 102 valence electrons. The van der Waals surface area contributed by atoms with E-state index in [1.807, 2.05) is 30.3 Å². The number of rotatable bonds is 4. The van der Waals surface area contributed by atoms with Gasteiger partial charge in [-0.3, -0.25) is 0 Å². The lowest BCUT2D eigenvalue weighted by Gasteiger charge is -2.06. The van der Waals surface area contributed by atoms with Gasteiger partial charge in [-0.15, -0.1) is 11.8 Å². The van der Waals surface area contributed by atoms with Crippen molar-refractivity contribution in [1.29, 1.82) is 0 Å². The van der Waals surface area contributed by atoms with E-state index in [9.17, 15) is 9.50 Å². The Balaban J connectivity index is 1.73. The number of furan rings is 1. The molecule has 2 aromatic carbocycles. The van der Waals surface area contributed by atoms with E-state index in [2.05, 4.69) is 0 Å². The number of thioether (sulfide) groups is 1. The molecule has 0 amide bonds. The lowest BCUT2D eigenvalue weighted by molar-refractivity contribution is 0.177. The molecule has 3 rings (SSSR count). The maximum atomic E-state index is 13.1. The van der Waals surface area contributed by atoms with Crippen LogP contribution in [0.3, 0.4) is 0 Å². The second-order valence-electron chi connectivity index (χ2n) is 4.47. The first-order chi connectivity index (χ1) is 9.72. The normalized spacial score (nSPS) is 12.7. The zero-order valence-electron chi connectivity index (χ0n) is 10.6. The molecule has 0 radical (unpaired) electrons. The summed E-state index contributed by atoms with van der Waals surface area (Å²) in [6.07, 6.45) is -0.712. The summed E-state index contributed by atoms with van der Waals surface area (Å²) >= 11 is 1.55. The van der Waals surface area contributed by atoms with Gasteiger partial charge < -0.3 is 9.52 Å². The molecule has 2 nitrogen and oxygen atoms in total. The van der Waals surface area contributed by atoms with Crippen LogP contribution in [0.2, 0.25) is 0 Å². The summed E-state index contributed by atoms with van der Waals surface area (Å²) in [6.45, 7) is 0. The second-order valence-corrected chi connectivity index (χ2v) is 5.56. The zero-order valence-corrected chi connectivity index (χ0v) is 11.4. The summed E-state index contributed by atoms with van der Waals surface area (Å²) in [5.74, 6) is 0.652. The molecule has 0 fully saturated rings. The number of aliphatic hydroxyl groups excluding tert-OH is 1. The Labute approximate surface area is 120 Å². The average Bonchev–Trinajstić information content (AvgIpc) is 2.89. The summed E-state index contributed by atoms with van der Waals surface area (Å²) in [7, 11) is 0. The van der Waals surface area contributed by atoms with Gasteiger partial charge in [-0.1, -0.05) is 18.2 Å². The topological polar surface area (TPSA) is 33.4 Å². The molecule has 0 aliphatic carbocycles. The maximum absolute atomic E-state index is 13.1. The van der Waals surface area contributed by atoms with Crippen molar-refractivity contribution in [3.8, 4) is 0 Å². The van der Waals surface area contributed by atoms with Crippen LogP contribution in [0.4, 0.5) is 4.39 Å². The predicted molar refractivity (Wildman–Crippen MR) is 78.3 cm³/mol. The monoisotopic (exact) mass is 288 g/mol. The smallest absolute Gasteiger partial charge is 0.134 e. The van der Waals surface area contributed by atoms with Crippen LogP contribution in [0, 0.1) is 5.82 Å². The third-order valence-corrected chi connectivity index (χ3v) is 4.06. The van der Waals surface area contributed by atoms with Crippen LogP contribution >= 0.6 is 11.8 Å². The molecule has 4 heteroatoms. The highest BCUT2D eigenvalue weighted by molar-refractivity contribution is 7.99. The number of hydrogen-bond acceptors (Lipinski definition) is 3. The van der Waals surface area contributed by atoms with Gasteiger partial charge in [0, 0.05) is 16.0 Å². The lowest BCUT2D eigenvalue weighted by Crippen LogP contribution is -1.98. The molecule has 0 saturated carbocycles. The summed E-state index contributed by atoms with van der Waals surface area (Å²) in [5, 5.41) is 10.8. The fraction of sp³-hybridized carbons (Fsp3) is 0.125. The van der Waals surface area contributed by atoms with E-state index >= 15 is 0 Å². The first kappa shape index (κ1) is 13.2. The highest BCUT2D eigenvalue weighted by Crippen LogP contribution is 2.28. The molecule has 0 saturated heterocycles. The Morgan fingerprint density at radius 2 is 1.90 bits per heavy atom. The summed E-state index contributed by atoms with van der Waals surface area (Å²) in [4.78, 5) is 1.09. The SMILES string of the molecule is OC(CSc1ccccc1)c1cc2cc(F)ccc2o1. The third kappa shape index (κ3) is 2.86. The molecular formula is C16H13FO2S. The van der Waals surface area contributed by atoms with Crippen molar-refractivity contribution in [2.24, 2.45) is 0 Å². The minimum Gasteiger partial charge on any atom is -0.458 e. The quantitative estimate of drug-likeness (QED) is 0.722. The number of aliphatic hydroxyl groups is 1. The molecule has 1 unspecified atom stereocenters. The van der Waals surface area contributed by atoms with Crippen LogP contribution in [0.1, 0.15) is 11.9 Å². The van der Waals surface area contributed by atoms with E-state index in [0.29, 0.717) is 22.5 Å². The predicted octanol–water partition coefficient (Wildman–Crippen LogP) is 4.40. The second kappa shape index (κ2) is 5.69. The maximum Gasteiger partial charge on any atom is 0.134 e. The standard InChI is InChI=1S/C16H13FO2S/c17-12-6-7-15-11(8-12)9-16(19-15)14(18)10-20-13-4-2-1-3-5-13/h1-9,14,18H,10H2. The largest absolute Gasteiger partial charge is 0.458 e. The molecule has 0 aliphatic rings. The molecule has 1 heterocycles. The van der Waals surface area contributed by atoms with Crippen LogP contribution in [0.15, 0.2) is 63.9 Å². The van der Waals surface area contributed by atoms with Crippen molar-refractivity contribution in [2.45, 2.75) is 11.0 Å². The van der Waals surface area contributed by atoms with Crippen LogP contribution in [0.5, 0.6) is 0 Å². The molecule has 1 atom stereocenters. The fourth-order valence-electron chi connectivity index (χ4n) is 1.97. The van der Waals surface area contributed by atoms with Crippen molar-refractivity contribution in [3.05, 3.63) is 66.2 Å². The van der Waals surface area contributed by atoms with E-state index in [1.165, 1.54) is 12.1 Å². The van der Waals surface area contributed by atoms with Gasteiger partial charge in [-0.2, -0.15) is 0 Å². The van der Waals surface area contributed by atoms with Gasteiger partial charge in [0.05, 0.1) is 0 Å². The van der Waals surface area contributed by atoms with Crippen LogP contribution in [-0.2, 0) is 0 Å². The summed E-state index contributed by atoms with van der Waals surface area (Å²) in [5.41, 5.74) is 0.588. The van der Waals surface area contributed by atoms with E-state index in [4.69, 9.17) is 4.42 Å². The van der Waals surface area contributed by atoms with Gasteiger partial charge in [0.2, 0.25) is 0 Å². The van der Waals surface area contributed by atoms with Crippen molar-refractivity contribution in [3.63, 3.8) is 0 Å². The molecular weight excluding hydrogens is 275 g/mol. The fourth-order valence-corrected chi connectivity index (χ4v) is 2.84. The highest BCUT2D eigenvalue weighted by atomic mass is 32.2. The van der Waals surface area contributed by atoms with Gasteiger partial charge in [-0.05, 0) is 36.4 Å². The number of fused-ring (bicyclic) bond motifs is 1. The van der Waals surface area contributed by atoms with E-state index in [0.717, 1.165) is 4.90 Å². The minimum atomic E-state index is -0.712. The van der Waals surface area contributed by atoms with Gasteiger partial charge in [0.1, 0.15) is 23.3 Å². The third-order valence-electron chi connectivity index (χ3n) is 2.98. The van der Waals surface area contributed by atoms with Gasteiger partial charge in [0.25, 0.3) is 0 Å². The first-order valence-corrected chi connectivity index (χ1v) is 7.26. The van der Waals surface area contributed by atoms with Crippen molar-refractivity contribution < 1.29 is 13.9 Å². The molecule has 20 heavy (non-hydrogen) atoms. The summed E-state index contributed by atoms with van der Waals surface area (Å²) < 4.78 is 18.7. The van der Waals surface area contributed by atoms with Crippen LogP contribution in [-0.4, -0.2) is 10.9 Å². The zero-order chi connectivity index (χ0) is 13.9. The first-order valence-electron chi connectivity index (χ1n) is 6.27. The average molecular weight is 288 g/mol. The lowest BCUT2D eigenvalue weighted by atomic mass is 10.2. The Morgan fingerprint density at radius 3 is 2.70 bits per heavy atom. The molecule has 0 aliphatic heterocycles. The molecule has 1 N–H and O–H groups in total. The van der Waals surface area contributed by atoms with Crippen LogP contribution < -0.4 is 0 Å². The Morgan fingerprint density at radius 1 is 1.10 bits per heavy atom. The Hall–Kier alpha value is -1.78. The number of hydrogen-bond donors (Lipinski definition) is 1. The van der Waals surface area contributed by atoms with Gasteiger partial charge in [0.15, 0.2) is 0 Å². The number of halogens is 1. The van der Waals surface area contributed by atoms with Crippen molar-refractivity contribution in [2.75, 3.05) is 5.75 Å². The molecule has 0 spiro atoms. The van der Waals surface area contributed by atoms with Crippen molar-refractivity contribution in [1.82, 2.24) is 0 Å². The molecule has 0 bridgehead atoms. The van der Waals surface area contributed by atoms with Crippen LogP contribution in [0.25, 0.3) is 11.0 Å². The Kier molecular flexibility index (Phi) is 3.76. The molecule has 3 aromatic rings. The minimum absolute atomic E-state index is 0.307. The molecule has 1 aromatic heterocycles. The van der Waals surface area contributed by atoms with Gasteiger partial charge in [-0.25, -0.2) is 4.39 Å². The highest BCUT2D eigenvalue weighted by Gasteiger charge is 2.14. The summed E-state index contributed by atoms with van der Waals surface area (Å²) in [6, 6.07) is 15.9. The number of benzene rings is 2. The van der Waals surface area contributed by atoms with Gasteiger partial charge >= 0.3 is 0 Å².